The number of hydrogen-bond acceptors (Lipinski definition) is 5. The molecule has 6 nitrogen and oxygen atoms in total. The summed E-state index contributed by atoms with van der Waals surface area (Å²) in [5, 5.41) is 3.09. The van der Waals surface area contributed by atoms with Gasteiger partial charge in [-0.05, 0) is 13.0 Å². The Labute approximate surface area is 106 Å². The van der Waals surface area contributed by atoms with E-state index in [4.69, 9.17) is 0 Å². The van der Waals surface area contributed by atoms with Crippen LogP contribution in [0.15, 0.2) is 10.9 Å². The van der Waals surface area contributed by atoms with Gasteiger partial charge in [0.1, 0.15) is 5.82 Å². The van der Waals surface area contributed by atoms with Crippen LogP contribution in [-0.4, -0.2) is 36.4 Å². The van der Waals surface area contributed by atoms with Crippen molar-refractivity contribution in [2.24, 2.45) is 0 Å². The highest BCUT2D eigenvalue weighted by Gasteiger charge is 2.30. The molecule has 1 unspecified atom stereocenters. The molecule has 1 aromatic rings. The molecule has 1 saturated heterocycles. The molecular weight excluding hydrogens is 254 g/mol. The van der Waals surface area contributed by atoms with Gasteiger partial charge in [-0.2, -0.15) is 0 Å². The van der Waals surface area contributed by atoms with Gasteiger partial charge in [0.05, 0.1) is 17.2 Å². The van der Waals surface area contributed by atoms with Gasteiger partial charge in [-0.1, -0.05) is 6.92 Å². The zero-order valence-corrected chi connectivity index (χ0v) is 11.1. The van der Waals surface area contributed by atoms with Crippen molar-refractivity contribution in [3.05, 3.63) is 27.9 Å². The number of sulfone groups is 1. The minimum atomic E-state index is -2.96. The van der Waals surface area contributed by atoms with E-state index < -0.39 is 9.84 Å². The summed E-state index contributed by atoms with van der Waals surface area (Å²) in [5.74, 6) is 0.583. The molecule has 0 bridgehead atoms. The van der Waals surface area contributed by atoms with E-state index in [2.05, 4.69) is 15.3 Å². The largest absolute Gasteiger partial charge is 0.311 e. The van der Waals surface area contributed by atoms with Crippen LogP contribution in [0.25, 0.3) is 0 Å². The van der Waals surface area contributed by atoms with Crippen molar-refractivity contribution in [3.63, 3.8) is 0 Å². The lowest BCUT2D eigenvalue weighted by atomic mass is 10.1. The van der Waals surface area contributed by atoms with Gasteiger partial charge in [0.15, 0.2) is 9.84 Å². The van der Waals surface area contributed by atoms with Gasteiger partial charge in [-0.25, -0.2) is 13.4 Å². The number of aromatic nitrogens is 2. The fourth-order valence-corrected chi connectivity index (χ4v) is 3.82. The Balaban J connectivity index is 2.23. The van der Waals surface area contributed by atoms with Crippen molar-refractivity contribution in [2.75, 3.05) is 18.1 Å². The summed E-state index contributed by atoms with van der Waals surface area (Å²) in [6.45, 7) is 3.28. The number of rotatable bonds is 4. The van der Waals surface area contributed by atoms with E-state index in [9.17, 15) is 13.2 Å². The summed E-state index contributed by atoms with van der Waals surface area (Å²) in [6.07, 6.45) is 0.538. The Morgan fingerprint density at radius 1 is 1.56 bits per heavy atom. The van der Waals surface area contributed by atoms with Crippen molar-refractivity contribution in [1.29, 1.82) is 0 Å². The Morgan fingerprint density at radius 3 is 2.94 bits per heavy atom. The average molecular weight is 271 g/mol. The van der Waals surface area contributed by atoms with Crippen LogP contribution in [-0.2, 0) is 16.4 Å². The number of hydrogen-bond donors (Lipinski definition) is 2. The second-order valence-corrected chi connectivity index (χ2v) is 6.73. The summed E-state index contributed by atoms with van der Waals surface area (Å²) in [5.41, 5.74) is 0.428. The minimum absolute atomic E-state index is 0.0839. The highest BCUT2D eigenvalue weighted by atomic mass is 32.2. The second kappa shape index (κ2) is 5.19. The summed E-state index contributed by atoms with van der Waals surface area (Å²) >= 11 is 0. The lowest BCUT2D eigenvalue weighted by Crippen LogP contribution is -2.20. The van der Waals surface area contributed by atoms with Crippen LogP contribution in [0.3, 0.4) is 0 Å². The van der Waals surface area contributed by atoms with Gasteiger partial charge in [0.25, 0.3) is 5.56 Å². The van der Waals surface area contributed by atoms with E-state index in [1.54, 1.807) is 0 Å². The van der Waals surface area contributed by atoms with Crippen molar-refractivity contribution in [3.8, 4) is 0 Å². The van der Waals surface area contributed by atoms with Gasteiger partial charge < -0.3 is 10.3 Å². The molecule has 0 aromatic carbocycles. The van der Waals surface area contributed by atoms with Crippen LogP contribution < -0.4 is 10.9 Å². The predicted molar refractivity (Wildman–Crippen MR) is 68.3 cm³/mol. The fraction of sp³-hybridized carbons (Fsp3) is 0.636. The van der Waals surface area contributed by atoms with Crippen LogP contribution in [0.4, 0.5) is 0 Å². The molecule has 1 aromatic heterocycles. The average Bonchev–Trinajstić information content (AvgIpc) is 2.66. The lowest BCUT2D eigenvalue weighted by molar-refractivity contribution is 0.600. The molecule has 2 heterocycles. The molecule has 0 aliphatic carbocycles. The standard InChI is InChI=1S/C11H17N3O3S/c1-2-12-6-9-5-10(15)14-11(13-9)8-3-4-18(16,17)7-8/h5,8,12H,2-4,6-7H2,1H3,(H,13,14,15). The second-order valence-electron chi connectivity index (χ2n) is 4.50. The SMILES string of the molecule is CCNCc1cc(=O)[nH]c(C2CCS(=O)(=O)C2)n1. The molecule has 1 atom stereocenters. The number of nitrogens with zero attached hydrogens (tertiary/aromatic N) is 1. The predicted octanol–water partition coefficient (Wildman–Crippen LogP) is -0.218. The van der Waals surface area contributed by atoms with E-state index >= 15 is 0 Å². The third-order valence-electron chi connectivity index (χ3n) is 2.99. The molecule has 1 aliphatic heterocycles. The summed E-state index contributed by atoms with van der Waals surface area (Å²) in [6, 6.07) is 1.44. The molecule has 0 saturated carbocycles. The topological polar surface area (TPSA) is 91.9 Å². The van der Waals surface area contributed by atoms with Gasteiger partial charge >= 0.3 is 0 Å². The third-order valence-corrected chi connectivity index (χ3v) is 4.76. The van der Waals surface area contributed by atoms with Gasteiger partial charge in [-0.15, -0.1) is 0 Å². The van der Waals surface area contributed by atoms with Crippen molar-refractivity contribution < 1.29 is 8.42 Å². The number of aromatic amines is 1. The fourth-order valence-electron chi connectivity index (χ4n) is 2.08. The molecule has 0 spiro atoms. The first-order valence-electron chi connectivity index (χ1n) is 6.01. The molecule has 7 heteroatoms. The minimum Gasteiger partial charge on any atom is -0.311 e. The Hall–Kier alpha value is -1.21. The van der Waals surface area contributed by atoms with E-state index in [1.165, 1.54) is 6.07 Å². The molecule has 0 amide bonds. The van der Waals surface area contributed by atoms with E-state index in [-0.39, 0.29) is 23.0 Å². The summed E-state index contributed by atoms with van der Waals surface area (Å²) < 4.78 is 22.8. The Morgan fingerprint density at radius 2 is 2.33 bits per heavy atom. The maximum Gasteiger partial charge on any atom is 0.251 e. The molecule has 2 N–H and O–H groups in total. The Kier molecular flexibility index (Phi) is 3.82. The molecular formula is C11H17N3O3S. The van der Waals surface area contributed by atoms with Crippen molar-refractivity contribution in [2.45, 2.75) is 25.8 Å². The van der Waals surface area contributed by atoms with Crippen molar-refractivity contribution in [1.82, 2.24) is 15.3 Å². The smallest absolute Gasteiger partial charge is 0.251 e. The normalized spacial score (nSPS) is 22.2. The zero-order chi connectivity index (χ0) is 13.2. The molecule has 18 heavy (non-hydrogen) atoms. The first kappa shape index (κ1) is 13.2. The summed E-state index contributed by atoms with van der Waals surface area (Å²) in [4.78, 5) is 18.5. The Bertz CT molecular complexity index is 579. The maximum absolute atomic E-state index is 11.5. The maximum atomic E-state index is 11.5. The van der Waals surface area contributed by atoms with Crippen LogP contribution in [0.5, 0.6) is 0 Å². The molecule has 100 valence electrons. The molecule has 1 aliphatic rings. The van der Waals surface area contributed by atoms with E-state index in [1.807, 2.05) is 6.92 Å². The quantitative estimate of drug-likeness (QED) is 0.790. The van der Waals surface area contributed by atoms with Crippen LogP contribution >= 0.6 is 0 Å². The van der Waals surface area contributed by atoms with E-state index in [0.29, 0.717) is 24.5 Å². The third kappa shape index (κ3) is 3.17. The zero-order valence-electron chi connectivity index (χ0n) is 10.3. The number of H-pyrrole nitrogens is 1. The summed E-state index contributed by atoms with van der Waals surface area (Å²) in [7, 11) is -2.96. The van der Waals surface area contributed by atoms with Gasteiger partial charge in [0.2, 0.25) is 0 Å². The highest BCUT2D eigenvalue weighted by molar-refractivity contribution is 7.91. The molecule has 1 fully saturated rings. The van der Waals surface area contributed by atoms with Gasteiger partial charge in [0, 0.05) is 18.5 Å². The lowest BCUT2D eigenvalue weighted by Gasteiger charge is -2.08. The highest BCUT2D eigenvalue weighted by Crippen LogP contribution is 2.25. The van der Waals surface area contributed by atoms with Crippen LogP contribution in [0.2, 0.25) is 0 Å². The number of nitrogens with one attached hydrogen (secondary N) is 2. The van der Waals surface area contributed by atoms with Crippen molar-refractivity contribution >= 4 is 9.84 Å². The van der Waals surface area contributed by atoms with Crippen LogP contribution in [0.1, 0.15) is 30.8 Å². The van der Waals surface area contributed by atoms with Gasteiger partial charge in [-0.3, -0.25) is 4.79 Å². The van der Waals surface area contributed by atoms with Crippen LogP contribution in [0, 0.1) is 0 Å². The molecule has 2 rings (SSSR count). The first-order chi connectivity index (χ1) is 8.50. The monoisotopic (exact) mass is 271 g/mol. The first-order valence-corrected chi connectivity index (χ1v) is 7.83. The van der Waals surface area contributed by atoms with E-state index in [0.717, 1.165) is 6.54 Å². The molecule has 0 radical (unpaired) electrons.